The van der Waals surface area contributed by atoms with Crippen molar-refractivity contribution in [1.29, 1.82) is 0 Å². The maximum absolute atomic E-state index is 13.1. The molecule has 1 aliphatic rings. The molecule has 20 heavy (non-hydrogen) atoms. The number of nitrogens with zero attached hydrogens (tertiary/aromatic N) is 1. The van der Waals surface area contributed by atoms with Crippen LogP contribution in [0.2, 0.25) is 0 Å². The summed E-state index contributed by atoms with van der Waals surface area (Å²) in [4.78, 5) is 2.01. The van der Waals surface area contributed by atoms with E-state index >= 15 is 0 Å². The molecule has 1 saturated heterocycles. The lowest BCUT2D eigenvalue weighted by Gasteiger charge is -2.35. The van der Waals surface area contributed by atoms with E-state index in [1.54, 1.807) is 6.07 Å². The molecule has 0 radical (unpaired) electrons. The van der Waals surface area contributed by atoms with E-state index < -0.39 is 23.9 Å². The number of ether oxygens (including phenoxy) is 1. The number of morpholine rings is 1. The van der Waals surface area contributed by atoms with Crippen molar-refractivity contribution in [3.8, 4) is 0 Å². The molecule has 112 valence electrons. The number of alkyl halides is 3. The van der Waals surface area contributed by atoms with Crippen LogP contribution < -0.4 is 11.3 Å². The van der Waals surface area contributed by atoms with Crippen molar-refractivity contribution in [3.63, 3.8) is 0 Å². The normalized spacial score (nSPS) is 22.8. The molecule has 7 heteroatoms. The van der Waals surface area contributed by atoms with E-state index in [4.69, 9.17) is 10.6 Å². The van der Waals surface area contributed by atoms with Crippen molar-refractivity contribution in [1.82, 2.24) is 10.3 Å². The minimum atomic E-state index is -4.41. The molecule has 0 aromatic heterocycles. The van der Waals surface area contributed by atoms with E-state index in [0.29, 0.717) is 13.2 Å². The van der Waals surface area contributed by atoms with E-state index in [2.05, 4.69) is 5.43 Å². The monoisotopic (exact) mass is 289 g/mol. The van der Waals surface area contributed by atoms with Crippen LogP contribution in [0.3, 0.4) is 0 Å². The maximum atomic E-state index is 13.1. The number of nitrogens with two attached hydrogens (primary N) is 1. The molecule has 0 amide bonds. The Morgan fingerprint density at radius 1 is 1.40 bits per heavy atom. The molecule has 2 atom stereocenters. The molecule has 0 saturated carbocycles. The molecule has 0 spiro atoms. The van der Waals surface area contributed by atoms with Crippen LogP contribution in [0.15, 0.2) is 24.3 Å². The number of benzene rings is 1. The van der Waals surface area contributed by atoms with E-state index in [9.17, 15) is 13.2 Å². The minimum Gasteiger partial charge on any atom is -0.374 e. The van der Waals surface area contributed by atoms with Crippen molar-refractivity contribution in [3.05, 3.63) is 35.4 Å². The van der Waals surface area contributed by atoms with Crippen molar-refractivity contribution in [2.45, 2.75) is 18.3 Å². The topological polar surface area (TPSA) is 50.5 Å². The van der Waals surface area contributed by atoms with Gasteiger partial charge in [0, 0.05) is 13.1 Å². The van der Waals surface area contributed by atoms with Gasteiger partial charge in [0.25, 0.3) is 0 Å². The highest BCUT2D eigenvalue weighted by atomic mass is 19.4. The van der Waals surface area contributed by atoms with E-state index in [0.717, 1.165) is 12.6 Å². The average Bonchev–Trinajstić information content (AvgIpc) is 2.39. The molecule has 1 heterocycles. The van der Waals surface area contributed by atoms with Gasteiger partial charge in [0.1, 0.15) is 0 Å². The van der Waals surface area contributed by atoms with Crippen LogP contribution in [-0.4, -0.2) is 37.7 Å². The Bertz CT molecular complexity index is 453. The molecule has 1 aromatic carbocycles. The first-order valence-electron chi connectivity index (χ1n) is 6.36. The number of rotatable bonds is 3. The van der Waals surface area contributed by atoms with Crippen LogP contribution in [0.4, 0.5) is 13.2 Å². The summed E-state index contributed by atoms with van der Waals surface area (Å²) < 4.78 is 44.8. The molecular weight excluding hydrogens is 271 g/mol. The lowest BCUT2D eigenvalue weighted by Crippen LogP contribution is -2.48. The Balaban J connectivity index is 2.32. The fraction of sp³-hybridized carbons (Fsp3) is 0.538. The van der Waals surface area contributed by atoms with Gasteiger partial charge in [0.15, 0.2) is 0 Å². The van der Waals surface area contributed by atoms with Crippen LogP contribution in [0, 0.1) is 0 Å². The van der Waals surface area contributed by atoms with Gasteiger partial charge in [0.2, 0.25) is 0 Å². The Morgan fingerprint density at radius 2 is 2.10 bits per heavy atom. The van der Waals surface area contributed by atoms with Gasteiger partial charge in [-0.3, -0.25) is 11.3 Å². The second kappa shape index (κ2) is 6.09. The van der Waals surface area contributed by atoms with Crippen LogP contribution in [0.25, 0.3) is 0 Å². The Hall–Kier alpha value is -1.15. The van der Waals surface area contributed by atoms with Gasteiger partial charge in [-0.2, -0.15) is 13.2 Å². The summed E-state index contributed by atoms with van der Waals surface area (Å²) in [5, 5.41) is 0. The lowest BCUT2D eigenvalue weighted by molar-refractivity contribution is -0.139. The Labute approximate surface area is 115 Å². The van der Waals surface area contributed by atoms with Gasteiger partial charge in [-0.25, -0.2) is 0 Å². The van der Waals surface area contributed by atoms with Gasteiger partial charge in [0.05, 0.1) is 24.3 Å². The molecule has 0 aliphatic carbocycles. The standard InChI is InChI=1S/C13H18F3N3O/c1-19-6-7-20-11(8-19)12(18-17)9-4-2-3-5-10(9)13(14,15)16/h2-5,11-12,18H,6-8,17H2,1H3. The summed E-state index contributed by atoms with van der Waals surface area (Å²) in [6.45, 7) is 1.77. The fourth-order valence-electron chi connectivity index (χ4n) is 2.44. The van der Waals surface area contributed by atoms with Crippen LogP contribution >= 0.6 is 0 Å². The highest BCUT2D eigenvalue weighted by Crippen LogP contribution is 2.36. The highest BCUT2D eigenvalue weighted by molar-refractivity contribution is 5.33. The predicted molar refractivity (Wildman–Crippen MR) is 68.7 cm³/mol. The van der Waals surface area contributed by atoms with Crippen LogP contribution in [-0.2, 0) is 10.9 Å². The number of hydrogen-bond acceptors (Lipinski definition) is 4. The quantitative estimate of drug-likeness (QED) is 0.654. The van der Waals surface area contributed by atoms with Crippen molar-refractivity contribution in [2.24, 2.45) is 5.84 Å². The van der Waals surface area contributed by atoms with E-state index in [1.807, 2.05) is 11.9 Å². The summed E-state index contributed by atoms with van der Waals surface area (Å²) in [7, 11) is 1.90. The van der Waals surface area contributed by atoms with Gasteiger partial charge in [-0.05, 0) is 18.7 Å². The third kappa shape index (κ3) is 3.29. The summed E-state index contributed by atoms with van der Waals surface area (Å²) >= 11 is 0. The maximum Gasteiger partial charge on any atom is 0.416 e. The summed E-state index contributed by atoms with van der Waals surface area (Å²) in [6, 6.07) is 4.74. The third-order valence-electron chi connectivity index (χ3n) is 3.45. The second-order valence-electron chi connectivity index (χ2n) is 4.90. The number of hydrazine groups is 1. The number of halogens is 3. The molecule has 1 aromatic rings. The van der Waals surface area contributed by atoms with Crippen molar-refractivity contribution >= 4 is 0 Å². The fourth-order valence-corrected chi connectivity index (χ4v) is 2.44. The van der Waals surface area contributed by atoms with E-state index in [1.165, 1.54) is 12.1 Å². The van der Waals surface area contributed by atoms with Gasteiger partial charge < -0.3 is 9.64 Å². The zero-order chi connectivity index (χ0) is 14.8. The molecule has 3 N–H and O–H groups in total. The smallest absolute Gasteiger partial charge is 0.374 e. The SMILES string of the molecule is CN1CCOC(C(NN)c2ccccc2C(F)(F)F)C1. The lowest BCUT2D eigenvalue weighted by atomic mass is 9.95. The summed E-state index contributed by atoms with van der Waals surface area (Å²) in [5.41, 5.74) is 1.90. The predicted octanol–water partition coefficient (Wildman–Crippen LogP) is 1.54. The third-order valence-corrected chi connectivity index (χ3v) is 3.45. The largest absolute Gasteiger partial charge is 0.416 e. The van der Waals surface area contributed by atoms with Crippen molar-refractivity contribution in [2.75, 3.05) is 26.7 Å². The number of hydrogen-bond donors (Lipinski definition) is 2. The average molecular weight is 289 g/mol. The molecule has 4 nitrogen and oxygen atoms in total. The molecule has 2 unspecified atom stereocenters. The minimum absolute atomic E-state index is 0.114. The number of nitrogens with one attached hydrogen (secondary N) is 1. The molecule has 0 bridgehead atoms. The van der Waals surface area contributed by atoms with Gasteiger partial charge in [-0.1, -0.05) is 18.2 Å². The first-order valence-corrected chi connectivity index (χ1v) is 6.36. The molecule has 1 aliphatic heterocycles. The Kier molecular flexibility index (Phi) is 4.64. The van der Waals surface area contributed by atoms with Gasteiger partial charge >= 0.3 is 6.18 Å². The van der Waals surface area contributed by atoms with Crippen LogP contribution in [0.1, 0.15) is 17.2 Å². The molecule has 1 fully saturated rings. The Morgan fingerprint density at radius 3 is 2.70 bits per heavy atom. The van der Waals surface area contributed by atoms with E-state index in [-0.39, 0.29) is 5.56 Å². The summed E-state index contributed by atoms with van der Waals surface area (Å²) in [6.07, 6.45) is -4.83. The molecular formula is C13H18F3N3O. The van der Waals surface area contributed by atoms with Gasteiger partial charge in [-0.15, -0.1) is 0 Å². The number of likely N-dealkylation sites (N-methyl/N-ethyl adjacent to an activating group) is 1. The zero-order valence-corrected chi connectivity index (χ0v) is 11.2. The molecule has 2 rings (SSSR count). The zero-order valence-electron chi connectivity index (χ0n) is 11.2. The summed E-state index contributed by atoms with van der Waals surface area (Å²) in [5.74, 6) is 5.48. The van der Waals surface area contributed by atoms with Crippen molar-refractivity contribution < 1.29 is 17.9 Å². The first-order chi connectivity index (χ1) is 9.43. The second-order valence-corrected chi connectivity index (χ2v) is 4.90. The van der Waals surface area contributed by atoms with Crippen LogP contribution in [0.5, 0.6) is 0 Å². The highest BCUT2D eigenvalue weighted by Gasteiger charge is 2.37. The first kappa shape index (κ1) is 15.2.